The molecule has 1 amide bonds. The molecular formula is C20H31N5O2. The van der Waals surface area contributed by atoms with Gasteiger partial charge in [0.1, 0.15) is 11.4 Å². The van der Waals surface area contributed by atoms with Crippen LogP contribution in [0.25, 0.3) is 11.0 Å². The summed E-state index contributed by atoms with van der Waals surface area (Å²) in [6, 6.07) is 8.23. The molecule has 3 rings (SSSR count). The highest BCUT2D eigenvalue weighted by atomic mass is 16.6. The van der Waals surface area contributed by atoms with Gasteiger partial charge >= 0.3 is 6.09 Å². The van der Waals surface area contributed by atoms with Crippen molar-refractivity contribution in [1.82, 2.24) is 19.9 Å². The average molecular weight is 374 g/mol. The Balaban J connectivity index is 1.71. The fraction of sp³-hybridized carbons (Fsp3) is 0.600. The van der Waals surface area contributed by atoms with Gasteiger partial charge in [0.15, 0.2) is 0 Å². The lowest BCUT2D eigenvalue weighted by Gasteiger charge is -2.26. The zero-order chi connectivity index (χ0) is 19.6. The first kappa shape index (κ1) is 19.6. The molecule has 1 aromatic heterocycles. The molecule has 0 radical (unpaired) electrons. The third-order valence-electron chi connectivity index (χ3n) is 5.11. The van der Waals surface area contributed by atoms with E-state index in [0.717, 1.165) is 36.2 Å². The summed E-state index contributed by atoms with van der Waals surface area (Å²) >= 11 is 0. The number of amides is 1. The van der Waals surface area contributed by atoms with Crippen LogP contribution in [-0.2, 0) is 17.7 Å². The van der Waals surface area contributed by atoms with Crippen molar-refractivity contribution in [1.29, 1.82) is 0 Å². The number of hydrogen-bond acceptors (Lipinski definition) is 5. The molecule has 0 aliphatic carbocycles. The van der Waals surface area contributed by atoms with E-state index in [0.29, 0.717) is 13.1 Å². The number of fused-ring (bicyclic) bond motifs is 1. The van der Waals surface area contributed by atoms with E-state index in [4.69, 9.17) is 15.6 Å². The van der Waals surface area contributed by atoms with Gasteiger partial charge in [0, 0.05) is 32.1 Å². The van der Waals surface area contributed by atoms with Gasteiger partial charge in [0.05, 0.1) is 11.0 Å². The van der Waals surface area contributed by atoms with Gasteiger partial charge in [0.2, 0.25) is 0 Å². The van der Waals surface area contributed by atoms with E-state index in [2.05, 4.69) is 23.0 Å². The molecule has 0 saturated carbocycles. The lowest BCUT2D eigenvalue weighted by molar-refractivity contribution is 0.0285. The number of aromatic nitrogens is 2. The van der Waals surface area contributed by atoms with Crippen molar-refractivity contribution in [2.75, 3.05) is 13.1 Å². The van der Waals surface area contributed by atoms with E-state index in [1.54, 1.807) is 4.90 Å². The molecule has 0 bridgehead atoms. The number of benzene rings is 1. The predicted molar refractivity (Wildman–Crippen MR) is 106 cm³/mol. The second-order valence-electron chi connectivity index (χ2n) is 8.21. The first-order valence-electron chi connectivity index (χ1n) is 9.70. The highest BCUT2D eigenvalue weighted by Gasteiger charge is 2.34. The Bertz CT molecular complexity index is 795. The minimum Gasteiger partial charge on any atom is -0.444 e. The van der Waals surface area contributed by atoms with Gasteiger partial charge in [-0.25, -0.2) is 9.78 Å². The normalized spacial score (nSPS) is 18.9. The summed E-state index contributed by atoms with van der Waals surface area (Å²) in [4.78, 5) is 18.9. The molecule has 7 nitrogen and oxygen atoms in total. The highest BCUT2D eigenvalue weighted by molar-refractivity contribution is 5.75. The third-order valence-corrected chi connectivity index (χ3v) is 5.11. The number of hydrogen-bond donors (Lipinski definition) is 2. The van der Waals surface area contributed by atoms with Crippen molar-refractivity contribution >= 4 is 17.1 Å². The number of para-hydroxylation sites is 2. The quantitative estimate of drug-likeness (QED) is 0.622. The fourth-order valence-electron chi connectivity index (χ4n) is 3.80. The average Bonchev–Trinajstić information content (AvgIpc) is 3.22. The number of nitrogens with one attached hydrogen (secondary N) is 1. The van der Waals surface area contributed by atoms with Gasteiger partial charge in [-0.05, 0) is 52.2 Å². The van der Waals surface area contributed by atoms with Crippen LogP contribution in [0.1, 0.15) is 39.9 Å². The fourth-order valence-corrected chi connectivity index (χ4v) is 3.80. The largest absolute Gasteiger partial charge is 0.444 e. The zero-order valence-corrected chi connectivity index (χ0v) is 16.7. The van der Waals surface area contributed by atoms with E-state index in [-0.39, 0.29) is 18.1 Å². The van der Waals surface area contributed by atoms with Crippen LogP contribution in [0.4, 0.5) is 4.79 Å². The summed E-state index contributed by atoms with van der Waals surface area (Å²) in [5.74, 6) is 7.18. The number of rotatable bonds is 5. The van der Waals surface area contributed by atoms with E-state index in [1.165, 1.54) is 0 Å². The minimum atomic E-state index is -0.479. The molecule has 1 aliphatic rings. The van der Waals surface area contributed by atoms with Crippen LogP contribution >= 0.6 is 0 Å². The first-order chi connectivity index (χ1) is 12.8. The van der Waals surface area contributed by atoms with Crippen LogP contribution in [0.5, 0.6) is 0 Å². The van der Waals surface area contributed by atoms with Gasteiger partial charge in [-0.3, -0.25) is 11.3 Å². The van der Waals surface area contributed by atoms with Gasteiger partial charge in [-0.15, -0.1) is 0 Å². The number of carbonyl (C=O) groups is 1. The summed E-state index contributed by atoms with van der Waals surface area (Å²) in [6.45, 7) is 10.00. The van der Waals surface area contributed by atoms with E-state index in [9.17, 15) is 4.79 Å². The van der Waals surface area contributed by atoms with Crippen LogP contribution < -0.4 is 11.3 Å². The molecule has 0 spiro atoms. The van der Waals surface area contributed by atoms with E-state index < -0.39 is 5.60 Å². The number of imidazole rings is 1. The molecule has 2 heterocycles. The zero-order valence-electron chi connectivity index (χ0n) is 16.7. The molecule has 7 heteroatoms. The smallest absolute Gasteiger partial charge is 0.410 e. The van der Waals surface area contributed by atoms with Gasteiger partial charge in [-0.2, -0.15) is 0 Å². The molecule has 1 aliphatic heterocycles. The van der Waals surface area contributed by atoms with Crippen molar-refractivity contribution in [2.45, 2.75) is 58.7 Å². The Hall–Kier alpha value is -2.12. The van der Waals surface area contributed by atoms with Crippen molar-refractivity contribution in [3.8, 4) is 0 Å². The number of nitrogens with two attached hydrogens (primary N) is 1. The van der Waals surface area contributed by atoms with Crippen molar-refractivity contribution in [2.24, 2.45) is 11.8 Å². The lowest BCUT2D eigenvalue weighted by atomic mass is 9.96. The lowest BCUT2D eigenvalue weighted by Crippen LogP contribution is -2.44. The van der Waals surface area contributed by atoms with Crippen LogP contribution in [0.15, 0.2) is 24.3 Å². The topological polar surface area (TPSA) is 85.4 Å². The van der Waals surface area contributed by atoms with Gasteiger partial charge in [0.25, 0.3) is 0 Å². The van der Waals surface area contributed by atoms with Gasteiger partial charge in [-0.1, -0.05) is 12.1 Å². The monoisotopic (exact) mass is 373 g/mol. The second-order valence-corrected chi connectivity index (χ2v) is 8.21. The molecule has 2 unspecified atom stereocenters. The standard InChI is InChI=1S/C20H31N5O2/c1-5-25-17-9-7-6-8-15(17)22-18(25)12-16(23-21)14-10-11-24(13-14)19(26)27-20(2,3)4/h6-9,14,16,23H,5,10-13,21H2,1-4H3. The molecule has 1 aromatic carbocycles. The molecular weight excluding hydrogens is 342 g/mol. The molecule has 3 N–H and O–H groups in total. The minimum absolute atomic E-state index is 0.0551. The number of hydrazine groups is 1. The molecule has 2 atom stereocenters. The van der Waals surface area contributed by atoms with Crippen LogP contribution in [0.2, 0.25) is 0 Å². The molecule has 1 fully saturated rings. The Morgan fingerprint density at radius 1 is 1.41 bits per heavy atom. The van der Waals surface area contributed by atoms with Crippen LogP contribution in [0.3, 0.4) is 0 Å². The summed E-state index contributed by atoms with van der Waals surface area (Å²) in [5.41, 5.74) is 4.64. The van der Waals surface area contributed by atoms with Gasteiger partial charge < -0.3 is 14.2 Å². The van der Waals surface area contributed by atoms with E-state index in [1.807, 2.05) is 39.0 Å². The third kappa shape index (κ3) is 4.42. The van der Waals surface area contributed by atoms with Crippen molar-refractivity contribution in [3.05, 3.63) is 30.1 Å². The number of likely N-dealkylation sites (tertiary alicyclic amines) is 1. The Morgan fingerprint density at radius 3 is 2.81 bits per heavy atom. The Morgan fingerprint density at radius 2 is 2.15 bits per heavy atom. The number of carbonyl (C=O) groups excluding carboxylic acids is 1. The van der Waals surface area contributed by atoms with Crippen molar-refractivity contribution < 1.29 is 9.53 Å². The summed E-state index contributed by atoms with van der Waals surface area (Å²) in [6.07, 6.45) is 1.38. The second kappa shape index (κ2) is 7.86. The van der Waals surface area contributed by atoms with Crippen molar-refractivity contribution in [3.63, 3.8) is 0 Å². The number of nitrogens with zero attached hydrogens (tertiary/aromatic N) is 3. The Labute approximate surface area is 160 Å². The summed E-state index contributed by atoms with van der Waals surface area (Å²) < 4.78 is 7.73. The number of ether oxygens (including phenoxy) is 1. The predicted octanol–water partition coefficient (Wildman–Crippen LogP) is 2.69. The SMILES string of the molecule is CCn1c(CC(NN)C2CCN(C(=O)OC(C)(C)C)C2)nc2ccccc21. The maximum absolute atomic E-state index is 12.3. The Kier molecular flexibility index (Phi) is 5.72. The van der Waals surface area contributed by atoms with E-state index >= 15 is 0 Å². The summed E-state index contributed by atoms with van der Waals surface area (Å²) in [7, 11) is 0. The molecule has 1 saturated heterocycles. The highest BCUT2D eigenvalue weighted by Crippen LogP contribution is 2.25. The summed E-state index contributed by atoms with van der Waals surface area (Å²) in [5, 5.41) is 0. The molecule has 148 valence electrons. The molecule has 27 heavy (non-hydrogen) atoms. The maximum Gasteiger partial charge on any atom is 0.410 e. The van der Waals surface area contributed by atoms with Crippen LogP contribution in [0, 0.1) is 5.92 Å². The first-order valence-corrected chi connectivity index (χ1v) is 9.70. The number of aryl methyl sites for hydroxylation is 1. The van der Waals surface area contributed by atoms with Crippen LogP contribution in [-0.4, -0.2) is 45.3 Å². The molecule has 2 aromatic rings. The maximum atomic E-state index is 12.3.